The molecule has 1 aliphatic rings. The van der Waals surface area contributed by atoms with E-state index in [2.05, 4.69) is 4.84 Å². The molecule has 98 valence electrons. The summed E-state index contributed by atoms with van der Waals surface area (Å²) in [5, 5.41) is 9.10. The number of carbonyl (C=O) groups is 2. The fraction of sp³-hybridized carbons (Fsp3) is 0.500. The van der Waals surface area contributed by atoms with E-state index in [0.29, 0.717) is 35.1 Å². The Hall–Kier alpha value is -1.98. The first kappa shape index (κ1) is 14.1. The maximum absolute atomic E-state index is 12.0. The van der Waals surface area contributed by atoms with Gasteiger partial charge in [-0.3, -0.25) is 9.59 Å². The van der Waals surface area contributed by atoms with Gasteiger partial charge in [-0.1, -0.05) is 0 Å². The number of nitrogens with zero attached hydrogens (tertiary/aromatic N) is 1. The SMILES string of the molecule is CC1=C(C)C(=O)C(CCCO[N+](=O)[O-])=C(C)C1=O. The normalized spacial score (nSPS) is 16.4. The summed E-state index contributed by atoms with van der Waals surface area (Å²) in [6.45, 7) is 4.79. The molecular formula is C12H15NO5. The van der Waals surface area contributed by atoms with E-state index in [1.807, 2.05) is 0 Å². The highest BCUT2D eigenvalue weighted by molar-refractivity contribution is 6.24. The average Bonchev–Trinajstić information content (AvgIpc) is 2.32. The minimum atomic E-state index is -0.871. The molecule has 0 spiro atoms. The number of rotatable bonds is 5. The predicted molar refractivity (Wildman–Crippen MR) is 63.3 cm³/mol. The summed E-state index contributed by atoms with van der Waals surface area (Å²) >= 11 is 0. The lowest BCUT2D eigenvalue weighted by Crippen LogP contribution is -2.21. The Labute approximate surface area is 104 Å². The zero-order valence-electron chi connectivity index (χ0n) is 10.6. The van der Waals surface area contributed by atoms with Crippen molar-refractivity contribution in [1.82, 2.24) is 0 Å². The Morgan fingerprint density at radius 2 is 1.61 bits per heavy atom. The van der Waals surface area contributed by atoms with Gasteiger partial charge in [-0.05, 0) is 33.6 Å². The van der Waals surface area contributed by atoms with Gasteiger partial charge in [0, 0.05) is 22.3 Å². The van der Waals surface area contributed by atoms with E-state index >= 15 is 0 Å². The quantitative estimate of drug-likeness (QED) is 0.322. The molecule has 0 aromatic heterocycles. The van der Waals surface area contributed by atoms with Gasteiger partial charge in [-0.25, -0.2) is 0 Å². The number of ketones is 2. The first-order chi connectivity index (χ1) is 8.36. The van der Waals surface area contributed by atoms with E-state index < -0.39 is 5.09 Å². The number of carbonyl (C=O) groups excluding carboxylic acids is 2. The highest BCUT2D eigenvalue weighted by Crippen LogP contribution is 2.26. The summed E-state index contributed by atoms with van der Waals surface area (Å²) in [6.07, 6.45) is 0.647. The summed E-state index contributed by atoms with van der Waals surface area (Å²) in [6, 6.07) is 0. The number of allylic oxidation sites excluding steroid dienone is 4. The van der Waals surface area contributed by atoms with Gasteiger partial charge < -0.3 is 4.84 Å². The van der Waals surface area contributed by atoms with E-state index in [1.165, 1.54) is 0 Å². The summed E-state index contributed by atoms with van der Waals surface area (Å²) in [5.41, 5.74) is 1.80. The maximum atomic E-state index is 12.0. The van der Waals surface area contributed by atoms with Gasteiger partial charge in [0.25, 0.3) is 5.09 Å². The van der Waals surface area contributed by atoms with Crippen LogP contribution in [0.1, 0.15) is 33.6 Å². The summed E-state index contributed by atoms with van der Waals surface area (Å²) in [5.74, 6) is -0.275. The standard InChI is InChI=1S/C12H15NO5/c1-7-8(2)12(15)10(9(3)11(7)14)5-4-6-18-13(16)17/h4-6H2,1-3H3. The molecule has 0 aromatic rings. The van der Waals surface area contributed by atoms with Gasteiger partial charge in [0.05, 0.1) is 6.61 Å². The van der Waals surface area contributed by atoms with Crippen molar-refractivity contribution in [2.24, 2.45) is 0 Å². The molecule has 0 radical (unpaired) electrons. The second-order valence-corrected chi connectivity index (χ2v) is 4.17. The monoisotopic (exact) mass is 253 g/mol. The van der Waals surface area contributed by atoms with Gasteiger partial charge in [0.1, 0.15) is 0 Å². The molecule has 0 bridgehead atoms. The summed E-state index contributed by atoms with van der Waals surface area (Å²) < 4.78 is 0. The lowest BCUT2D eigenvalue weighted by atomic mass is 9.84. The van der Waals surface area contributed by atoms with Crippen LogP contribution in [0.15, 0.2) is 22.3 Å². The molecule has 0 heterocycles. The fourth-order valence-corrected chi connectivity index (χ4v) is 1.84. The maximum Gasteiger partial charge on any atom is 0.294 e. The first-order valence-corrected chi connectivity index (χ1v) is 5.60. The average molecular weight is 253 g/mol. The highest BCUT2D eigenvalue weighted by Gasteiger charge is 2.27. The van der Waals surface area contributed by atoms with Crippen molar-refractivity contribution in [2.75, 3.05) is 6.61 Å². The van der Waals surface area contributed by atoms with Crippen LogP contribution in [-0.4, -0.2) is 23.3 Å². The molecule has 0 atom stereocenters. The Morgan fingerprint density at radius 1 is 1.06 bits per heavy atom. The van der Waals surface area contributed by atoms with E-state index in [-0.39, 0.29) is 18.2 Å². The van der Waals surface area contributed by atoms with Crippen LogP contribution >= 0.6 is 0 Å². The minimum absolute atomic E-state index is 0.0764. The molecule has 0 N–H and O–H groups in total. The molecule has 6 nitrogen and oxygen atoms in total. The predicted octanol–water partition coefficient (Wildman–Crippen LogP) is 1.78. The molecule has 0 unspecified atom stereocenters. The Balaban J connectivity index is 2.73. The van der Waals surface area contributed by atoms with Crippen molar-refractivity contribution in [3.05, 3.63) is 32.4 Å². The van der Waals surface area contributed by atoms with Gasteiger partial charge in [-0.2, -0.15) is 0 Å². The van der Waals surface area contributed by atoms with Crippen LogP contribution < -0.4 is 0 Å². The molecule has 0 aliphatic heterocycles. The van der Waals surface area contributed by atoms with Crippen molar-refractivity contribution in [3.8, 4) is 0 Å². The van der Waals surface area contributed by atoms with Gasteiger partial charge >= 0.3 is 0 Å². The molecule has 18 heavy (non-hydrogen) atoms. The van der Waals surface area contributed by atoms with Crippen LogP contribution in [0.25, 0.3) is 0 Å². The highest BCUT2D eigenvalue weighted by atomic mass is 16.9. The number of hydrogen-bond donors (Lipinski definition) is 0. The molecule has 0 saturated carbocycles. The van der Waals surface area contributed by atoms with E-state index in [0.717, 1.165) is 0 Å². The molecule has 0 fully saturated rings. The third-order valence-corrected chi connectivity index (χ3v) is 3.08. The Morgan fingerprint density at radius 3 is 2.17 bits per heavy atom. The van der Waals surface area contributed by atoms with Crippen molar-refractivity contribution < 1.29 is 19.5 Å². The topological polar surface area (TPSA) is 86.5 Å². The Bertz CT molecular complexity index is 473. The molecule has 0 saturated heterocycles. The molecule has 1 rings (SSSR count). The summed E-state index contributed by atoms with van der Waals surface area (Å²) in [7, 11) is 0. The zero-order valence-corrected chi connectivity index (χ0v) is 10.6. The molecule has 1 aliphatic carbocycles. The van der Waals surface area contributed by atoms with Crippen LogP contribution in [0.4, 0.5) is 0 Å². The zero-order chi connectivity index (χ0) is 13.9. The smallest absolute Gasteiger partial charge is 0.294 e. The van der Waals surface area contributed by atoms with Crippen LogP contribution in [0.5, 0.6) is 0 Å². The number of Topliss-reactive ketones (excluding diaryl/α,β-unsaturated/α-hetero) is 2. The Kier molecular flexibility index (Phi) is 4.36. The van der Waals surface area contributed by atoms with Crippen LogP contribution in [0.3, 0.4) is 0 Å². The van der Waals surface area contributed by atoms with Crippen molar-refractivity contribution in [2.45, 2.75) is 33.6 Å². The minimum Gasteiger partial charge on any atom is -0.314 e. The molecule has 6 heteroatoms. The van der Waals surface area contributed by atoms with Crippen molar-refractivity contribution in [3.63, 3.8) is 0 Å². The van der Waals surface area contributed by atoms with Crippen molar-refractivity contribution >= 4 is 11.6 Å². The van der Waals surface area contributed by atoms with Crippen LogP contribution in [0.2, 0.25) is 0 Å². The van der Waals surface area contributed by atoms with Crippen LogP contribution in [-0.2, 0) is 14.4 Å². The van der Waals surface area contributed by atoms with Gasteiger partial charge in [-0.15, -0.1) is 10.1 Å². The molecular weight excluding hydrogens is 238 g/mol. The van der Waals surface area contributed by atoms with Gasteiger partial charge in [0.2, 0.25) is 0 Å². The number of hydrogen-bond acceptors (Lipinski definition) is 5. The first-order valence-electron chi connectivity index (χ1n) is 5.60. The summed E-state index contributed by atoms with van der Waals surface area (Å²) in [4.78, 5) is 37.9. The molecule has 0 amide bonds. The lowest BCUT2D eigenvalue weighted by Gasteiger charge is -2.18. The van der Waals surface area contributed by atoms with E-state index in [1.54, 1.807) is 20.8 Å². The third kappa shape index (κ3) is 2.82. The van der Waals surface area contributed by atoms with Gasteiger partial charge in [0.15, 0.2) is 11.6 Å². The third-order valence-electron chi connectivity index (χ3n) is 3.08. The second kappa shape index (κ2) is 5.57. The second-order valence-electron chi connectivity index (χ2n) is 4.17. The lowest BCUT2D eigenvalue weighted by molar-refractivity contribution is -0.757. The molecule has 0 aromatic carbocycles. The van der Waals surface area contributed by atoms with E-state index in [4.69, 9.17) is 0 Å². The fourth-order valence-electron chi connectivity index (χ4n) is 1.84. The largest absolute Gasteiger partial charge is 0.314 e. The van der Waals surface area contributed by atoms with Crippen LogP contribution in [0, 0.1) is 10.1 Å². The van der Waals surface area contributed by atoms with E-state index in [9.17, 15) is 19.7 Å². The van der Waals surface area contributed by atoms with Crippen molar-refractivity contribution in [1.29, 1.82) is 0 Å².